The van der Waals surface area contributed by atoms with Gasteiger partial charge in [-0.25, -0.2) is 9.50 Å². The van der Waals surface area contributed by atoms with Crippen molar-refractivity contribution < 1.29 is 0 Å². The second kappa shape index (κ2) is 2.61. The predicted octanol–water partition coefficient (Wildman–Crippen LogP) is 2.34. The van der Waals surface area contributed by atoms with Crippen LogP contribution in [0.3, 0.4) is 0 Å². The number of halogens is 2. The van der Waals surface area contributed by atoms with Crippen LogP contribution in [0.5, 0.6) is 0 Å². The number of aryl methyl sites for hydroxylation is 1. The van der Waals surface area contributed by atoms with Crippen LogP contribution in [-0.2, 0) is 0 Å². The predicted molar refractivity (Wildman–Crippen MR) is 47.7 cm³/mol. The molecule has 0 saturated carbocycles. The van der Waals surface area contributed by atoms with Crippen LogP contribution in [0.25, 0.3) is 5.65 Å². The molecule has 2 heterocycles. The van der Waals surface area contributed by atoms with Gasteiger partial charge < -0.3 is 0 Å². The molecule has 2 aromatic heterocycles. The monoisotopic (exact) mass is 201 g/mol. The minimum Gasteiger partial charge on any atom is -0.212 e. The Bertz CT molecular complexity index is 435. The Balaban J connectivity index is 2.88. The third-order valence-electron chi connectivity index (χ3n) is 1.46. The number of hydrogen-bond acceptors (Lipinski definition) is 2. The summed E-state index contributed by atoms with van der Waals surface area (Å²) in [5, 5.41) is 5.11. The zero-order chi connectivity index (χ0) is 8.72. The second-order valence-electron chi connectivity index (χ2n) is 2.43. The molecular weight excluding hydrogens is 197 g/mol. The molecule has 3 nitrogen and oxygen atoms in total. The van der Waals surface area contributed by atoms with Crippen molar-refractivity contribution in [2.24, 2.45) is 0 Å². The average molecular weight is 202 g/mol. The Labute approximate surface area is 78.9 Å². The van der Waals surface area contributed by atoms with E-state index >= 15 is 0 Å². The van der Waals surface area contributed by atoms with Gasteiger partial charge in [0.15, 0.2) is 5.65 Å². The number of aromatic nitrogens is 3. The Morgan fingerprint density at radius 3 is 2.83 bits per heavy atom. The van der Waals surface area contributed by atoms with Crippen molar-refractivity contribution in [2.45, 2.75) is 6.92 Å². The van der Waals surface area contributed by atoms with Crippen LogP contribution in [0.1, 0.15) is 5.82 Å². The molecule has 0 radical (unpaired) electrons. The summed E-state index contributed by atoms with van der Waals surface area (Å²) in [6.07, 6.45) is 0. The lowest BCUT2D eigenvalue weighted by molar-refractivity contribution is 0.931. The fraction of sp³-hybridized carbons (Fsp3) is 0.143. The molecule has 0 spiro atoms. The molecule has 0 atom stereocenters. The number of rotatable bonds is 0. The Kier molecular flexibility index (Phi) is 1.70. The van der Waals surface area contributed by atoms with Gasteiger partial charge in [-0.3, -0.25) is 0 Å². The first kappa shape index (κ1) is 7.83. The van der Waals surface area contributed by atoms with Crippen LogP contribution in [0.4, 0.5) is 0 Å². The maximum absolute atomic E-state index is 5.85. The number of hydrogen-bond donors (Lipinski definition) is 0. The van der Waals surface area contributed by atoms with E-state index in [0.717, 1.165) is 0 Å². The highest BCUT2D eigenvalue weighted by atomic mass is 35.5. The zero-order valence-corrected chi connectivity index (χ0v) is 7.76. The van der Waals surface area contributed by atoms with E-state index in [-0.39, 0.29) is 0 Å². The van der Waals surface area contributed by atoms with Crippen LogP contribution < -0.4 is 0 Å². The van der Waals surface area contributed by atoms with Crippen molar-refractivity contribution in [3.05, 3.63) is 28.1 Å². The molecular formula is C7H5Cl2N3. The highest BCUT2D eigenvalue weighted by molar-refractivity contribution is 6.34. The largest absolute Gasteiger partial charge is 0.212 e. The van der Waals surface area contributed by atoms with E-state index in [9.17, 15) is 0 Å². The van der Waals surface area contributed by atoms with Gasteiger partial charge in [-0.2, -0.15) is 5.10 Å². The van der Waals surface area contributed by atoms with Crippen molar-refractivity contribution in [1.82, 2.24) is 14.6 Å². The molecule has 2 aromatic rings. The van der Waals surface area contributed by atoms with E-state index in [0.29, 0.717) is 21.6 Å². The van der Waals surface area contributed by atoms with Gasteiger partial charge in [0.25, 0.3) is 0 Å². The van der Waals surface area contributed by atoms with E-state index in [1.54, 1.807) is 23.6 Å². The third-order valence-corrected chi connectivity index (χ3v) is 1.95. The van der Waals surface area contributed by atoms with E-state index in [1.807, 2.05) is 0 Å². The Hall–Kier alpha value is -0.800. The lowest BCUT2D eigenvalue weighted by atomic mass is 10.5. The summed E-state index contributed by atoms with van der Waals surface area (Å²) < 4.78 is 1.54. The van der Waals surface area contributed by atoms with Crippen molar-refractivity contribution in [3.8, 4) is 0 Å². The molecule has 0 bridgehead atoms. The first-order valence-electron chi connectivity index (χ1n) is 3.35. The van der Waals surface area contributed by atoms with Crippen LogP contribution in [0.2, 0.25) is 10.2 Å². The second-order valence-corrected chi connectivity index (χ2v) is 3.25. The summed E-state index contributed by atoms with van der Waals surface area (Å²) in [5.41, 5.74) is 0.671. The number of pyridine rings is 1. The quantitative estimate of drug-likeness (QED) is 0.613. The Morgan fingerprint density at radius 1 is 1.33 bits per heavy atom. The Morgan fingerprint density at radius 2 is 2.08 bits per heavy atom. The minimum absolute atomic E-state index is 0.470. The van der Waals surface area contributed by atoms with Gasteiger partial charge in [0.2, 0.25) is 0 Å². The van der Waals surface area contributed by atoms with Gasteiger partial charge in [-0.15, -0.1) is 0 Å². The molecule has 12 heavy (non-hydrogen) atoms. The van der Waals surface area contributed by atoms with Crippen molar-refractivity contribution >= 4 is 28.8 Å². The van der Waals surface area contributed by atoms with Gasteiger partial charge in [-0.05, 0) is 13.0 Å². The van der Waals surface area contributed by atoms with Gasteiger partial charge in [0, 0.05) is 11.1 Å². The van der Waals surface area contributed by atoms with Crippen LogP contribution in [0.15, 0.2) is 12.1 Å². The summed E-state index contributed by atoms with van der Waals surface area (Å²) in [5.74, 6) is 0.680. The molecule has 0 aliphatic rings. The van der Waals surface area contributed by atoms with E-state index in [1.165, 1.54) is 0 Å². The maximum Gasteiger partial charge on any atom is 0.158 e. The molecule has 0 saturated heterocycles. The molecule has 0 fully saturated rings. The highest BCUT2D eigenvalue weighted by Crippen LogP contribution is 2.18. The molecule has 0 N–H and O–H groups in total. The molecule has 0 amide bonds. The van der Waals surface area contributed by atoms with Gasteiger partial charge in [-0.1, -0.05) is 23.2 Å². The van der Waals surface area contributed by atoms with Crippen LogP contribution in [0, 0.1) is 6.92 Å². The fourth-order valence-corrected chi connectivity index (χ4v) is 1.52. The van der Waals surface area contributed by atoms with Gasteiger partial charge >= 0.3 is 0 Å². The summed E-state index contributed by atoms with van der Waals surface area (Å²) in [4.78, 5) is 4.12. The first-order chi connectivity index (χ1) is 5.66. The average Bonchev–Trinajstić information content (AvgIpc) is 2.29. The van der Waals surface area contributed by atoms with Gasteiger partial charge in [0.05, 0.1) is 0 Å². The molecule has 0 aliphatic carbocycles. The number of fused-ring (bicyclic) bond motifs is 1. The molecule has 62 valence electrons. The molecule has 0 aromatic carbocycles. The fourth-order valence-electron chi connectivity index (χ4n) is 1.02. The molecule has 5 heteroatoms. The molecule has 2 rings (SSSR count). The summed E-state index contributed by atoms with van der Waals surface area (Å²) in [6, 6.07) is 3.34. The van der Waals surface area contributed by atoms with Crippen molar-refractivity contribution in [2.75, 3.05) is 0 Å². The van der Waals surface area contributed by atoms with Crippen LogP contribution >= 0.6 is 23.2 Å². The normalized spacial score (nSPS) is 10.9. The highest BCUT2D eigenvalue weighted by Gasteiger charge is 2.03. The minimum atomic E-state index is 0.470. The van der Waals surface area contributed by atoms with Crippen molar-refractivity contribution in [3.63, 3.8) is 0 Å². The lowest BCUT2D eigenvalue weighted by Gasteiger charge is -1.94. The maximum atomic E-state index is 5.85. The molecule has 0 unspecified atom stereocenters. The summed E-state index contributed by atoms with van der Waals surface area (Å²) >= 11 is 11.6. The lowest BCUT2D eigenvalue weighted by Crippen LogP contribution is -1.88. The number of nitrogens with zero attached hydrogens (tertiary/aromatic N) is 3. The van der Waals surface area contributed by atoms with Gasteiger partial charge in [0.1, 0.15) is 11.0 Å². The standard InChI is InChI=1S/C7H5Cl2N3/c1-4-10-7-3-5(8)2-6(9)12(7)11-4/h2-3H,1H3. The van der Waals surface area contributed by atoms with E-state index < -0.39 is 0 Å². The molecule has 0 aliphatic heterocycles. The first-order valence-corrected chi connectivity index (χ1v) is 4.11. The third kappa shape index (κ3) is 1.15. The van der Waals surface area contributed by atoms with Crippen molar-refractivity contribution in [1.29, 1.82) is 0 Å². The topological polar surface area (TPSA) is 30.2 Å². The van der Waals surface area contributed by atoms with Crippen LogP contribution in [-0.4, -0.2) is 14.6 Å². The SMILES string of the molecule is Cc1nc2cc(Cl)cc(Cl)n2n1. The smallest absolute Gasteiger partial charge is 0.158 e. The summed E-state index contributed by atoms with van der Waals surface area (Å²) in [7, 11) is 0. The van der Waals surface area contributed by atoms with E-state index in [4.69, 9.17) is 23.2 Å². The summed E-state index contributed by atoms with van der Waals surface area (Å²) in [6.45, 7) is 1.80. The van der Waals surface area contributed by atoms with E-state index in [2.05, 4.69) is 10.1 Å². The zero-order valence-electron chi connectivity index (χ0n) is 6.25.